The Hall–Kier alpha value is 0.270. The molecule has 1 heterocycles. The molecule has 2 fully saturated rings. The predicted molar refractivity (Wildman–Crippen MR) is 40.2 cm³/mol. The summed E-state index contributed by atoms with van der Waals surface area (Å²) in [6, 6.07) is 0.398. The van der Waals surface area contributed by atoms with Gasteiger partial charge < -0.3 is 5.73 Å². The third-order valence-electron chi connectivity index (χ3n) is 2.58. The molecule has 2 aliphatic rings. The first kappa shape index (κ1) is 6.01. The maximum atomic E-state index is 5.87. The molecular formula is C6H12N2S. The summed E-state index contributed by atoms with van der Waals surface area (Å²) in [6.45, 7) is 2.08. The molecule has 0 aromatic rings. The van der Waals surface area contributed by atoms with Gasteiger partial charge in [0.2, 0.25) is 0 Å². The maximum Gasteiger partial charge on any atom is 0.0247 e. The van der Waals surface area contributed by atoms with E-state index in [4.69, 9.17) is 5.73 Å². The fraction of sp³-hybridized carbons (Fsp3) is 1.00. The SMILES string of the molecule is N[C@H]1CN(S)CC12CC2. The highest BCUT2D eigenvalue weighted by molar-refractivity contribution is 7.77. The van der Waals surface area contributed by atoms with Crippen molar-refractivity contribution >= 4 is 12.8 Å². The zero-order chi connectivity index (χ0) is 6.48. The van der Waals surface area contributed by atoms with Crippen LogP contribution >= 0.6 is 12.8 Å². The Morgan fingerprint density at radius 1 is 1.56 bits per heavy atom. The minimum atomic E-state index is 0.398. The van der Waals surface area contributed by atoms with Crippen LogP contribution in [-0.4, -0.2) is 23.4 Å². The van der Waals surface area contributed by atoms with E-state index in [0.29, 0.717) is 11.5 Å². The van der Waals surface area contributed by atoms with Gasteiger partial charge in [0, 0.05) is 24.5 Å². The monoisotopic (exact) mass is 144 g/mol. The predicted octanol–water partition coefficient (Wildman–Crippen LogP) is 0.254. The van der Waals surface area contributed by atoms with Gasteiger partial charge in [-0.25, -0.2) is 0 Å². The van der Waals surface area contributed by atoms with Gasteiger partial charge in [0.1, 0.15) is 0 Å². The van der Waals surface area contributed by atoms with Crippen molar-refractivity contribution in [2.75, 3.05) is 13.1 Å². The fourth-order valence-electron chi connectivity index (χ4n) is 1.66. The van der Waals surface area contributed by atoms with Crippen LogP contribution in [0.1, 0.15) is 12.8 Å². The standard InChI is InChI=1S/C6H12N2S/c7-5-3-8(9)4-6(5)1-2-6/h5,9H,1-4,7H2/t5-/m0/s1. The Bertz CT molecular complexity index is 133. The number of hydrogen-bond donors (Lipinski definition) is 2. The maximum absolute atomic E-state index is 5.87. The van der Waals surface area contributed by atoms with E-state index in [1.165, 1.54) is 12.8 Å². The van der Waals surface area contributed by atoms with E-state index in [-0.39, 0.29) is 0 Å². The van der Waals surface area contributed by atoms with Crippen molar-refractivity contribution in [2.45, 2.75) is 18.9 Å². The van der Waals surface area contributed by atoms with Gasteiger partial charge >= 0.3 is 0 Å². The smallest absolute Gasteiger partial charge is 0.0247 e. The van der Waals surface area contributed by atoms with Crippen LogP contribution in [0.15, 0.2) is 0 Å². The van der Waals surface area contributed by atoms with Gasteiger partial charge in [-0.2, -0.15) is 0 Å². The van der Waals surface area contributed by atoms with Crippen LogP contribution in [0.3, 0.4) is 0 Å². The summed E-state index contributed by atoms with van der Waals surface area (Å²) >= 11 is 4.26. The summed E-state index contributed by atoms with van der Waals surface area (Å²) in [4.78, 5) is 0. The van der Waals surface area contributed by atoms with E-state index in [2.05, 4.69) is 12.8 Å². The van der Waals surface area contributed by atoms with Crippen molar-refractivity contribution in [3.05, 3.63) is 0 Å². The normalized spacial score (nSPS) is 40.0. The van der Waals surface area contributed by atoms with Crippen LogP contribution < -0.4 is 5.73 Å². The van der Waals surface area contributed by atoms with Crippen LogP contribution in [0.25, 0.3) is 0 Å². The molecule has 0 aromatic heterocycles. The molecule has 0 radical (unpaired) electrons. The van der Waals surface area contributed by atoms with Crippen LogP contribution in [0, 0.1) is 5.41 Å². The number of nitrogens with two attached hydrogens (primary N) is 1. The Morgan fingerprint density at radius 3 is 2.44 bits per heavy atom. The Kier molecular flexibility index (Phi) is 1.10. The lowest BCUT2D eigenvalue weighted by Crippen LogP contribution is -2.29. The van der Waals surface area contributed by atoms with E-state index >= 15 is 0 Å². The molecule has 52 valence electrons. The molecule has 2 rings (SSSR count). The summed E-state index contributed by atoms with van der Waals surface area (Å²) in [5, 5.41) is 0. The summed E-state index contributed by atoms with van der Waals surface area (Å²) in [5.41, 5.74) is 6.38. The summed E-state index contributed by atoms with van der Waals surface area (Å²) in [6.07, 6.45) is 2.65. The van der Waals surface area contributed by atoms with Gasteiger partial charge in [-0.3, -0.25) is 4.31 Å². The van der Waals surface area contributed by atoms with E-state index in [0.717, 1.165) is 13.1 Å². The molecular weight excluding hydrogens is 132 g/mol. The first-order valence-electron chi connectivity index (χ1n) is 3.42. The molecule has 0 amide bonds. The number of thiol groups is 1. The summed E-state index contributed by atoms with van der Waals surface area (Å²) < 4.78 is 2.04. The lowest BCUT2D eigenvalue weighted by molar-refractivity contribution is 0.485. The fourth-order valence-corrected chi connectivity index (χ4v) is 2.11. The summed E-state index contributed by atoms with van der Waals surface area (Å²) in [5.74, 6) is 0. The molecule has 9 heavy (non-hydrogen) atoms. The van der Waals surface area contributed by atoms with Gasteiger partial charge in [0.15, 0.2) is 0 Å². The third kappa shape index (κ3) is 0.791. The Balaban J connectivity index is 2.10. The zero-order valence-electron chi connectivity index (χ0n) is 5.38. The number of hydrogen-bond acceptors (Lipinski definition) is 3. The quantitative estimate of drug-likeness (QED) is 0.477. The lowest BCUT2D eigenvalue weighted by atomic mass is 10.0. The Morgan fingerprint density at radius 2 is 2.22 bits per heavy atom. The number of rotatable bonds is 0. The molecule has 1 saturated heterocycles. The molecule has 2 N–H and O–H groups in total. The van der Waals surface area contributed by atoms with Crippen molar-refractivity contribution in [1.82, 2.24) is 4.31 Å². The second kappa shape index (κ2) is 1.65. The van der Waals surface area contributed by atoms with Gasteiger partial charge in [0.05, 0.1) is 0 Å². The third-order valence-corrected chi connectivity index (χ3v) is 2.89. The molecule has 2 nitrogen and oxygen atoms in total. The molecule has 0 bridgehead atoms. The van der Waals surface area contributed by atoms with Gasteiger partial charge in [-0.1, -0.05) is 12.8 Å². The molecule has 1 spiro atoms. The average Bonchev–Trinajstić information content (AvgIpc) is 2.42. The Labute approximate surface area is 60.9 Å². The van der Waals surface area contributed by atoms with Crippen molar-refractivity contribution in [1.29, 1.82) is 0 Å². The number of nitrogens with zero attached hydrogens (tertiary/aromatic N) is 1. The van der Waals surface area contributed by atoms with E-state index in [1.54, 1.807) is 0 Å². The topological polar surface area (TPSA) is 29.3 Å². The molecule has 3 heteroatoms. The van der Waals surface area contributed by atoms with Crippen molar-refractivity contribution in [2.24, 2.45) is 11.1 Å². The van der Waals surface area contributed by atoms with Crippen LogP contribution in [0.2, 0.25) is 0 Å². The van der Waals surface area contributed by atoms with Gasteiger partial charge in [0.25, 0.3) is 0 Å². The van der Waals surface area contributed by atoms with Gasteiger partial charge in [-0.15, -0.1) is 0 Å². The van der Waals surface area contributed by atoms with Crippen molar-refractivity contribution in [3.63, 3.8) is 0 Å². The minimum Gasteiger partial charge on any atom is -0.326 e. The average molecular weight is 144 g/mol. The van der Waals surface area contributed by atoms with E-state index in [9.17, 15) is 0 Å². The lowest BCUT2D eigenvalue weighted by Gasteiger charge is -2.08. The second-order valence-electron chi connectivity index (χ2n) is 3.32. The summed E-state index contributed by atoms with van der Waals surface area (Å²) in [7, 11) is 0. The molecule has 1 aliphatic heterocycles. The van der Waals surface area contributed by atoms with E-state index < -0.39 is 0 Å². The second-order valence-corrected chi connectivity index (χ2v) is 3.88. The van der Waals surface area contributed by atoms with Crippen molar-refractivity contribution < 1.29 is 0 Å². The molecule has 0 unspecified atom stereocenters. The molecule has 1 atom stereocenters. The van der Waals surface area contributed by atoms with Crippen LogP contribution in [-0.2, 0) is 0 Å². The van der Waals surface area contributed by atoms with Gasteiger partial charge in [-0.05, 0) is 12.8 Å². The zero-order valence-corrected chi connectivity index (χ0v) is 6.27. The van der Waals surface area contributed by atoms with Crippen LogP contribution in [0.5, 0.6) is 0 Å². The highest BCUT2D eigenvalue weighted by Gasteiger charge is 2.52. The van der Waals surface area contributed by atoms with E-state index in [1.807, 2.05) is 4.31 Å². The minimum absolute atomic E-state index is 0.398. The first-order chi connectivity index (χ1) is 4.23. The molecule has 1 saturated carbocycles. The van der Waals surface area contributed by atoms with Crippen molar-refractivity contribution in [3.8, 4) is 0 Å². The largest absolute Gasteiger partial charge is 0.326 e. The highest BCUT2D eigenvalue weighted by atomic mass is 32.1. The molecule has 1 aliphatic carbocycles. The molecule has 0 aromatic carbocycles. The highest BCUT2D eigenvalue weighted by Crippen LogP contribution is 2.52. The first-order valence-corrected chi connectivity index (χ1v) is 3.82. The van der Waals surface area contributed by atoms with Crippen LogP contribution in [0.4, 0.5) is 0 Å².